The molecule has 0 aromatic heterocycles. The molecule has 2 aromatic rings. The van der Waals surface area contributed by atoms with Gasteiger partial charge in [0.1, 0.15) is 23.6 Å². The van der Waals surface area contributed by atoms with Crippen LogP contribution in [0.2, 0.25) is 0 Å². The molecule has 2 aromatic carbocycles. The summed E-state index contributed by atoms with van der Waals surface area (Å²) in [5, 5.41) is 10.00. The van der Waals surface area contributed by atoms with Crippen molar-refractivity contribution in [1.29, 1.82) is 0 Å². The lowest BCUT2D eigenvalue weighted by atomic mass is 10.0. The minimum atomic E-state index is -1.46. The molecular formula is C14H11F3OS. The van der Waals surface area contributed by atoms with Crippen molar-refractivity contribution in [1.82, 2.24) is 0 Å². The number of halogens is 3. The maximum Gasteiger partial charge on any atom is 0.135 e. The molecule has 0 bridgehead atoms. The summed E-state index contributed by atoms with van der Waals surface area (Å²) in [6.07, 6.45) is 0.432. The minimum Gasteiger partial charge on any atom is -0.383 e. The van der Waals surface area contributed by atoms with Crippen LogP contribution in [0.25, 0.3) is 0 Å². The second-order valence-electron chi connectivity index (χ2n) is 3.96. The van der Waals surface area contributed by atoms with Gasteiger partial charge in [-0.05, 0) is 24.0 Å². The van der Waals surface area contributed by atoms with E-state index < -0.39 is 29.1 Å². The second-order valence-corrected chi connectivity index (χ2v) is 4.84. The molecule has 19 heavy (non-hydrogen) atoms. The van der Waals surface area contributed by atoms with E-state index in [0.29, 0.717) is 17.7 Å². The predicted molar refractivity (Wildman–Crippen MR) is 68.6 cm³/mol. The van der Waals surface area contributed by atoms with E-state index in [4.69, 9.17) is 0 Å². The predicted octanol–water partition coefficient (Wildman–Crippen LogP) is 3.91. The average Bonchev–Trinajstić information content (AvgIpc) is 2.37. The van der Waals surface area contributed by atoms with Gasteiger partial charge in [0.15, 0.2) is 0 Å². The van der Waals surface area contributed by atoms with E-state index in [1.54, 1.807) is 24.3 Å². The van der Waals surface area contributed by atoms with Crippen molar-refractivity contribution in [3.05, 3.63) is 65.0 Å². The van der Waals surface area contributed by atoms with Gasteiger partial charge < -0.3 is 5.11 Å². The molecule has 0 heterocycles. The first kappa shape index (κ1) is 14.0. The van der Waals surface area contributed by atoms with Gasteiger partial charge in [0.25, 0.3) is 0 Å². The summed E-state index contributed by atoms with van der Waals surface area (Å²) in [5.41, 5.74) is -0.194. The third kappa shape index (κ3) is 2.93. The van der Waals surface area contributed by atoms with E-state index in [1.165, 1.54) is 11.8 Å². The van der Waals surface area contributed by atoms with Crippen LogP contribution >= 0.6 is 11.8 Å². The molecule has 0 fully saturated rings. The fourth-order valence-corrected chi connectivity index (χ4v) is 2.18. The van der Waals surface area contributed by atoms with Gasteiger partial charge in [-0.25, -0.2) is 13.2 Å². The number of aliphatic hydroxyl groups excluding tert-OH is 1. The van der Waals surface area contributed by atoms with Crippen LogP contribution in [0, 0.1) is 17.5 Å². The third-order valence-electron chi connectivity index (χ3n) is 2.75. The Bertz CT molecular complexity index is 561. The van der Waals surface area contributed by atoms with Crippen LogP contribution < -0.4 is 0 Å². The molecule has 0 amide bonds. The summed E-state index contributed by atoms with van der Waals surface area (Å²) in [6.45, 7) is 0. The normalized spacial score (nSPS) is 12.5. The zero-order valence-corrected chi connectivity index (χ0v) is 10.8. The molecule has 100 valence electrons. The van der Waals surface area contributed by atoms with E-state index in [1.807, 2.05) is 6.26 Å². The number of hydrogen-bond acceptors (Lipinski definition) is 2. The highest BCUT2D eigenvalue weighted by molar-refractivity contribution is 7.98. The van der Waals surface area contributed by atoms with Crippen LogP contribution in [0.5, 0.6) is 0 Å². The smallest absolute Gasteiger partial charge is 0.135 e. The zero-order chi connectivity index (χ0) is 14.0. The van der Waals surface area contributed by atoms with Crippen LogP contribution in [-0.4, -0.2) is 11.4 Å². The Morgan fingerprint density at radius 1 is 1.00 bits per heavy atom. The van der Waals surface area contributed by atoms with Gasteiger partial charge >= 0.3 is 0 Å². The number of thioether (sulfide) groups is 1. The lowest BCUT2D eigenvalue weighted by Crippen LogP contribution is -2.06. The van der Waals surface area contributed by atoms with E-state index >= 15 is 0 Å². The third-order valence-corrected chi connectivity index (χ3v) is 3.49. The van der Waals surface area contributed by atoms with Crippen LogP contribution in [-0.2, 0) is 0 Å². The molecule has 0 aliphatic rings. The highest BCUT2D eigenvalue weighted by atomic mass is 32.2. The Morgan fingerprint density at radius 3 is 2.00 bits per heavy atom. The van der Waals surface area contributed by atoms with E-state index in [-0.39, 0.29) is 0 Å². The van der Waals surface area contributed by atoms with Crippen LogP contribution in [0.3, 0.4) is 0 Å². The van der Waals surface area contributed by atoms with Crippen LogP contribution in [0.15, 0.2) is 41.3 Å². The van der Waals surface area contributed by atoms with Gasteiger partial charge in [0.2, 0.25) is 0 Å². The Balaban J connectivity index is 2.40. The van der Waals surface area contributed by atoms with Gasteiger partial charge in [-0.15, -0.1) is 11.8 Å². The molecule has 0 saturated heterocycles. The first-order valence-electron chi connectivity index (χ1n) is 5.49. The van der Waals surface area contributed by atoms with E-state index in [2.05, 4.69) is 0 Å². The van der Waals surface area contributed by atoms with Gasteiger partial charge in [-0.1, -0.05) is 12.1 Å². The van der Waals surface area contributed by atoms with Crippen molar-refractivity contribution in [2.75, 3.05) is 6.26 Å². The molecule has 5 heteroatoms. The molecule has 0 spiro atoms. The fraction of sp³-hybridized carbons (Fsp3) is 0.143. The highest BCUT2D eigenvalue weighted by Gasteiger charge is 2.20. The van der Waals surface area contributed by atoms with Crippen LogP contribution in [0.4, 0.5) is 13.2 Å². The molecule has 0 aliphatic carbocycles. The number of hydrogen-bond donors (Lipinski definition) is 1. The van der Waals surface area contributed by atoms with Crippen molar-refractivity contribution in [2.45, 2.75) is 11.0 Å². The lowest BCUT2D eigenvalue weighted by Gasteiger charge is -2.14. The average molecular weight is 284 g/mol. The first-order chi connectivity index (χ1) is 9.02. The molecular weight excluding hydrogens is 273 g/mol. The first-order valence-corrected chi connectivity index (χ1v) is 6.72. The number of aliphatic hydroxyl groups is 1. The molecule has 1 N–H and O–H groups in total. The van der Waals surface area contributed by atoms with Crippen molar-refractivity contribution in [3.8, 4) is 0 Å². The summed E-state index contributed by atoms with van der Waals surface area (Å²) in [7, 11) is 0. The summed E-state index contributed by atoms with van der Waals surface area (Å²) in [5.74, 6) is -3.21. The fourth-order valence-electron chi connectivity index (χ4n) is 1.77. The second kappa shape index (κ2) is 5.67. The lowest BCUT2D eigenvalue weighted by molar-refractivity contribution is 0.208. The molecule has 1 unspecified atom stereocenters. The van der Waals surface area contributed by atoms with Gasteiger partial charge in [-0.2, -0.15) is 0 Å². The van der Waals surface area contributed by atoms with Crippen molar-refractivity contribution in [3.63, 3.8) is 0 Å². The maximum absolute atomic E-state index is 13.5. The van der Waals surface area contributed by atoms with Crippen molar-refractivity contribution >= 4 is 11.8 Å². The molecule has 0 radical (unpaired) electrons. The quantitative estimate of drug-likeness (QED) is 0.862. The zero-order valence-electron chi connectivity index (χ0n) is 10.0. The Labute approximate surface area is 113 Å². The molecule has 0 aliphatic heterocycles. The highest BCUT2D eigenvalue weighted by Crippen LogP contribution is 2.28. The van der Waals surface area contributed by atoms with Crippen molar-refractivity contribution < 1.29 is 18.3 Å². The van der Waals surface area contributed by atoms with Gasteiger partial charge in [0, 0.05) is 17.0 Å². The molecule has 2 rings (SSSR count). The minimum absolute atomic E-state index is 0.349. The Kier molecular flexibility index (Phi) is 4.17. The van der Waals surface area contributed by atoms with Crippen molar-refractivity contribution in [2.24, 2.45) is 0 Å². The SMILES string of the molecule is CSc1ccc(C(O)c2c(F)cc(F)cc2F)cc1. The van der Waals surface area contributed by atoms with Gasteiger partial charge in [0.05, 0.1) is 5.56 Å². The Hall–Kier alpha value is -1.46. The molecule has 1 atom stereocenters. The standard InChI is InChI=1S/C14H11F3OS/c1-19-10-4-2-8(3-5-10)14(18)13-11(16)6-9(15)7-12(13)17/h2-7,14,18H,1H3. The summed E-state index contributed by atoms with van der Waals surface area (Å²) < 4.78 is 39.9. The van der Waals surface area contributed by atoms with Crippen LogP contribution in [0.1, 0.15) is 17.2 Å². The number of benzene rings is 2. The topological polar surface area (TPSA) is 20.2 Å². The molecule has 0 saturated carbocycles. The maximum atomic E-state index is 13.5. The Morgan fingerprint density at radius 2 is 1.53 bits per heavy atom. The summed E-state index contributed by atoms with van der Waals surface area (Å²) in [4.78, 5) is 0.969. The number of rotatable bonds is 3. The van der Waals surface area contributed by atoms with E-state index in [9.17, 15) is 18.3 Å². The largest absolute Gasteiger partial charge is 0.383 e. The van der Waals surface area contributed by atoms with E-state index in [0.717, 1.165) is 4.90 Å². The summed E-state index contributed by atoms with van der Waals surface area (Å²) in [6, 6.07) is 7.75. The summed E-state index contributed by atoms with van der Waals surface area (Å²) >= 11 is 1.51. The monoisotopic (exact) mass is 284 g/mol. The molecule has 1 nitrogen and oxygen atoms in total. The van der Waals surface area contributed by atoms with Gasteiger partial charge in [-0.3, -0.25) is 0 Å².